The third-order valence-corrected chi connectivity index (χ3v) is 3.57. The van der Waals surface area contributed by atoms with Crippen molar-refractivity contribution in [3.63, 3.8) is 0 Å². The maximum atomic E-state index is 5.29. The molecule has 0 aliphatic carbocycles. The van der Waals surface area contributed by atoms with Gasteiger partial charge in [-0.2, -0.15) is 0 Å². The van der Waals surface area contributed by atoms with Crippen LogP contribution >= 0.6 is 0 Å². The fourth-order valence-electron chi connectivity index (χ4n) is 2.47. The van der Waals surface area contributed by atoms with E-state index in [1.807, 2.05) is 6.07 Å². The molecule has 1 aliphatic rings. The third kappa shape index (κ3) is 2.14. The number of benzene rings is 1. The lowest BCUT2D eigenvalue weighted by Crippen LogP contribution is -2.22. The SMILES string of the molecule is COc1ccc2[nH]cc(CCN3CC=CC3)c2c1. The van der Waals surface area contributed by atoms with Crippen molar-refractivity contribution in [2.45, 2.75) is 6.42 Å². The highest BCUT2D eigenvalue weighted by molar-refractivity contribution is 5.84. The van der Waals surface area contributed by atoms with Crippen LogP contribution in [-0.4, -0.2) is 36.6 Å². The number of hydrogen-bond acceptors (Lipinski definition) is 2. The molecule has 1 aromatic carbocycles. The maximum absolute atomic E-state index is 5.29. The topological polar surface area (TPSA) is 28.3 Å². The van der Waals surface area contributed by atoms with Gasteiger partial charge in [0.15, 0.2) is 0 Å². The van der Waals surface area contributed by atoms with E-state index >= 15 is 0 Å². The van der Waals surface area contributed by atoms with Crippen molar-refractivity contribution in [3.05, 3.63) is 42.1 Å². The second-order valence-electron chi connectivity index (χ2n) is 4.71. The molecule has 3 nitrogen and oxygen atoms in total. The number of H-pyrrole nitrogens is 1. The van der Waals surface area contributed by atoms with Gasteiger partial charge in [0.25, 0.3) is 0 Å². The summed E-state index contributed by atoms with van der Waals surface area (Å²) in [6.45, 7) is 3.29. The van der Waals surface area contributed by atoms with E-state index in [1.54, 1.807) is 7.11 Å². The van der Waals surface area contributed by atoms with Gasteiger partial charge in [0.05, 0.1) is 7.11 Å². The van der Waals surface area contributed by atoms with Crippen LogP contribution < -0.4 is 4.74 Å². The summed E-state index contributed by atoms with van der Waals surface area (Å²) in [6, 6.07) is 6.19. The molecule has 0 amide bonds. The van der Waals surface area contributed by atoms with E-state index in [2.05, 4.69) is 40.4 Å². The molecule has 94 valence electrons. The largest absolute Gasteiger partial charge is 0.497 e. The van der Waals surface area contributed by atoms with Crippen molar-refractivity contribution < 1.29 is 4.74 Å². The van der Waals surface area contributed by atoms with Crippen molar-refractivity contribution >= 4 is 10.9 Å². The highest BCUT2D eigenvalue weighted by atomic mass is 16.5. The number of ether oxygens (including phenoxy) is 1. The van der Waals surface area contributed by atoms with Crippen molar-refractivity contribution in [1.82, 2.24) is 9.88 Å². The van der Waals surface area contributed by atoms with E-state index in [-0.39, 0.29) is 0 Å². The molecule has 0 radical (unpaired) electrons. The summed E-state index contributed by atoms with van der Waals surface area (Å²) in [5, 5.41) is 1.28. The van der Waals surface area contributed by atoms with Gasteiger partial charge in [-0.3, -0.25) is 4.90 Å². The summed E-state index contributed by atoms with van der Waals surface area (Å²) >= 11 is 0. The van der Waals surface area contributed by atoms with Gasteiger partial charge >= 0.3 is 0 Å². The molecular formula is C15H18N2O. The zero-order valence-corrected chi connectivity index (χ0v) is 10.6. The van der Waals surface area contributed by atoms with E-state index in [4.69, 9.17) is 4.74 Å². The predicted molar refractivity (Wildman–Crippen MR) is 74.1 cm³/mol. The molecule has 1 aliphatic heterocycles. The third-order valence-electron chi connectivity index (χ3n) is 3.57. The van der Waals surface area contributed by atoms with Crippen LogP contribution in [0.3, 0.4) is 0 Å². The number of nitrogens with one attached hydrogen (secondary N) is 1. The van der Waals surface area contributed by atoms with Crippen LogP contribution in [0, 0.1) is 0 Å². The first-order valence-electron chi connectivity index (χ1n) is 6.38. The predicted octanol–water partition coefficient (Wildman–Crippen LogP) is 2.59. The van der Waals surface area contributed by atoms with Gasteiger partial charge in [0.2, 0.25) is 0 Å². The fraction of sp³-hybridized carbons (Fsp3) is 0.333. The van der Waals surface area contributed by atoms with E-state index in [0.717, 1.165) is 31.8 Å². The first-order valence-corrected chi connectivity index (χ1v) is 6.38. The van der Waals surface area contributed by atoms with Crippen LogP contribution in [0.4, 0.5) is 0 Å². The molecule has 0 saturated carbocycles. The summed E-state index contributed by atoms with van der Waals surface area (Å²) in [4.78, 5) is 5.77. The normalized spacial score (nSPS) is 15.6. The molecule has 1 N–H and O–H groups in total. The molecule has 3 heteroatoms. The van der Waals surface area contributed by atoms with Gasteiger partial charge in [-0.15, -0.1) is 0 Å². The smallest absolute Gasteiger partial charge is 0.119 e. The van der Waals surface area contributed by atoms with Crippen LogP contribution in [0.25, 0.3) is 10.9 Å². The highest BCUT2D eigenvalue weighted by Gasteiger charge is 2.09. The Labute approximate surface area is 107 Å². The Morgan fingerprint density at radius 3 is 2.89 bits per heavy atom. The molecule has 0 fully saturated rings. The number of fused-ring (bicyclic) bond motifs is 1. The number of hydrogen-bond donors (Lipinski definition) is 1. The molecule has 0 unspecified atom stereocenters. The highest BCUT2D eigenvalue weighted by Crippen LogP contribution is 2.24. The first kappa shape index (κ1) is 11.4. The molecule has 18 heavy (non-hydrogen) atoms. The van der Waals surface area contributed by atoms with Crippen molar-refractivity contribution in [2.75, 3.05) is 26.7 Å². The zero-order valence-electron chi connectivity index (χ0n) is 10.6. The van der Waals surface area contributed by atoms with Crippen LogP contribution in [-0.2, 0) is 6.42 Å². The van der Waals surface area contributed by atoms with Gasteiger partial charge in [-0.1, -0.05) is 12.2 Å². The summed E-state index contributed by atoms with van der Waals surface area (Å²) in [5.74, 6) is 0.922. The quantitative estimate of drug-likeness (QED) is 0.835. The second kappa shape index (κ2) is 4.86. The summed E-state index contributed by atoms with van der Waals surface area (Å²) in [7, 11) is 1.71. The Morgan fingerprint density at radius 2 is 2.11 bits per heavy atom. The first-order chi connectivity index (χ1) is 8.86. The monoisotopic (exact) mass is 242 g/mol. The number of aromatic amines is 1. The standard InChI is InChI=1S/C15H18N2O/c1-18-13-4-5-15-14(10-13)12(11-16-15)6-9-17-7-2-3-8-17/h2-5,10-11,16H,6-9H2,1H3. The Morgan fingerprint density at radius 1 is 1.28 bits per heavy atom. The van der Waals surface area contributed by atoms with Gasteiger partial charge in [-0.25, -0.2) is 0 Å². The molecule has 2 aromatic rings. The van der Waals surface area contributed by atoms with Crippen molar-refractivity contribution in [2.24, 2.45) is 0 Å². The summed E-state index contributed by atoms with van der Waals surface area (Å²) < 4.78 is 5.29. The minimum atomic E-state index is 0.922. The number of nitrogens with zero attached hydrogens (tertiary/aromatic N) is 1. The lowest BCUT2D eigenvalue weighted by atomic mass is 10.1. The molecule has 0 saturated heterocycles. The lowest BCUT2D eigenvalue weighted by Gasteiger charge is -2.13. The fourth-order valence-corrected chi connectivity index (χ4v) is 2.47. The molecule has 0 bridgehead atoms. The average molecular weight is 242 g/mol. The van der Waals surface area contributed by atoms with Gasteiger partial charge in [-0.05, 0) is 30.2 Å². The summed E-state index contributed by atoms with van der Waals surface area (Å²) in [6.07, 6.45) is 7.67. The van der Waals surface area contributed by atoms with E-state index < -0.39 is 0 Å². The summed E-state index contributed by atoms with van der Waals surface area (Å²) in [5.41, 5.74) is 2.56. The lowest BCUT2D eigenvalue weighted by molar-refractivity contribution is 0.358. The van der Waals surface area contributed by atoms with Crippen LogP contribution in [0.5, 0.6) is 5.75 Å². The van der Waals surface area contributed by atoms with Crippen LogP contribution in [0.2, 0.25) is 0 Å². The van der Waals surface area contributed by atoms with E-state index in [1.165, 1.54) is 16.5 Å². The number of aromatic nitrogens is 1. The molecule has 0 atom stereocenters. The molecular weight excluding hydrogens is 224 g/mol. The Hall–Kier alpha value is -1.74. The Bertz CT molecular complexity index is 563. The van der Waals surface area contributed by atoms with E-state index in [0.29, 0.717) is 0 Å². The molecule has 2 heterocycles. The van der Waals surface area contributed by atoms with E-state index in [9.17, 15) is 0 Å². The number of methoxy groups -OCH3 is 1. The minimum Gasteiger partial charge on any atom is -0.497 e. The van der Waals surface area contributed by atoms with Crippen LogP contribution in [0.15, 0.2) is 36.5 Å². The average Bonchev–Trinajstić information content (AvgIpc) is 3.05. The minimum absolute atomic E-state index is 0.922. The maximum Gasteiger partial charge on any atom is 0.119 e. The second-order valence-corrected chi connectivity index (χ2v) is 4.71. The zero-order chi connectivity index (χ0) is 12.4. The molecule has 3 rings (SSSR count). The van der Waals surface area contributed by atoms with Crippen LogP contribution in [0.1, 0.15) is 5.56 Å². The number of rotatable bonds is 4. The molecule has 0 spiro atoms. The molecule has 1 aromatic heterocycles. The van der Waals surface area contributed by atoms with Gasteiger partial charge in [0.1, 0.15) is 5.75 Å². The van der Waals surface area contributed by atoms with Crippen molar-refractivity contribution in [1.29, 1.82) is 0 Å². The van der Waals surface area contributed by atoms with Gasteiger partial charge < -0.3 is 9.72 Å². The Balaban J connectivity index is 1.78. The van der Waals surface area contributed by atoms with Crippen molar-refractivity contribution in [3.8, 4) is 5.75 Å². The Kier molecular flexibility index (Phi) is 3.07. The van der Waals surface area contributed by atoms with Gasteiger partial charge in [0, 0.05) is 36.7 Å².